The first-order valence-corrected chi connectivity index (χ1v) is 8.49. The monoisotopic (exact) mass is 343 g/mol. The van der Waals surface area contributed by atoms with E-state index in [0.717, 1.165) is 0 Å². The lowest BCUT2D eigenvalue weighted by Gasteiger charge is -2.28. The van der Waals surface area contributed by atoms with Gasteiger partial charge in [-0.2, -0.15) is 0 Å². The van der Waals surface area contributed by atoms with Crippen molar-refractivity contribution in [2.75, 3.05) is 6.61 Å². The van der Waals surface area contributed by atoms with Gasteiger partial charge in [0.15, 0.2) is 11.6 Å². The maximum absolute atomic E-state index is 12.2. The van der Waals surface area contributed by atoms with Crippen LogP contribution in [0.4, 0.5) is 5.69 Å². The number of Topliss-reactive ketones (excluding diaryl/α,β-unsaturated/α-hetero) is 2. The van der Waals surface area contributed by atoms with E-state index in [2.05, 4.69) is 4.99 Å². The van der Waals surface area contributed by atoms with E-state index in [9.17, 15) is 14.7 Å². The van der Waals surface area contributed by atoms with Crippen LogP contribution < -0.4 is 0 Å². The lowest BCUT2D eigenvalue weighted by molar-refractivity contribution is -0.117. The number of aliphatic hydroxyl groups excluding tert-OH is 1. The van der Waals surface area contributed by atoms with Crippen LogP contribution in [0, 0.1) is 5.41 Å². The van der Waals surface area contributed by atoms with Crippen molar-refractivity contribution < 1.29 is 19.4 Å². The van der Waals surface area contributed by atoms with E-state index >= 15 is 0 Å². The maximum Gasteiger partial charge on any atom is 0.191 e. The minimum atomic E-state index is -0.482. The lowest BCUT2D eigenvalue weighted by atomic mass is 9.77. The number of allylic oxidation sites excluding steroid dienone is 2. The fourth-order valence-corrected chi connectivity index (χ4v) is 2.86. The summed E-state index contributed by atoms with van der Waals surface area (Å²) in [6.07, 6.45) is 1.78. The molecule has 0 fully saturated rings. The molecule has 1 N–H and O–H groups in total. The number of benzene rings is 1. The molecule has 0 amide bonds. The first-order valence-electron chi connectivity index (χ1n) is 8.49. The second-order valence-corrected chi connectivity index (χ2v) is 7.07. The molecule has 0 saturated carbocycles. The smallest absolute Gasteiger partial charge is 0.191 e. The molecule has 2 rings (SSSR count). The van der Waals surface area contributed by atoms with Crippen molar-refractivity contribution in [1.82, 2.24) is 0 Å². The summed E-state index contributed by atoms with van der Waals surface area (Å²) in [4.78, 5) is 28.6. The molecule has 1 atom stereocenters. The molecule has 5 nitrogen and oxygen atoms in total. The summed E-state index contributed by atoms with van der Waals surface area (Å²) < 4.78 is 5.30. The standard InChI is InChI=1S/C20H25NO4/c1-5-25-13(2)19(24)14-6-8-15(9-7-14)21-12-16-17(22)10-20(3,4)11-18(16)23/h6-9,12-13,22H,5,10-11H2,1-4H3. The van der Waals surface area contributed by atoms with Crippen LogP contribution in [0.25, 0.3) is 0 Å². The Morgan fingerprint density at radius 1 is 1.32 bits per heavy atom. The highest BCUT2D eigenvalue weighted by Crippen LogP contribution is 2.35. The van der Waals surface area contributed by atoms with Crippen molar-refractivity contribution in [3.05, 3.63) is 41.2 Å². The van der Waals surface area contributed by atoms with E-state index in [1.807, 2.05) is 20.8 Å². The molecule has 0 heterocycles. The van der Waals surface area contributed by atoms with Crippen LogP contribution in [0.15, 0.2) is 40.6 Å². The van der Waals surface area contributed by atoms with Gasteiger partial charge in [-0.15, -0.1) is 0 Å². The second kappa shape index (κ2) is 7.74. The van der Waals surface area contributed by atoms with Crippen LogP contribution in [0.5, 0.6) is 0 Å². The molecule has 25 heavy (non-hydrogen) atoms. The van der Waals surface area contributed by atoms with Gasteiger partial charge >= 0.3 is 0 Å². The number of hydrogen-bond acceptors (Lipinski definition) is 5. The van der Waals surface area contributed by atoms with Gasteiger partial charge in [-0.1, -0.05) is 13.8 Å². The zero-order valence-electron chi connectivity index (χ0n) is 15.2. The van der Waals surface area contributed by atoms with E-state index in [4.69, 9.17) is 4.74 Å². The summed E-state index contributed by atoms with van der Waals surface area (Å²) in [5, 5.41) is 10.1. The molecule has 0 aromatic heterocycles. The summed E-state index contributed by atoms with van der Waals surface area (Å²) in [5.74, 6) is -0.0976. The highest BCUT2D eigenvalue weighted by Gasteiger charge is 2.32. The zero-order chi connectivity index (χ0) is 18.6. The predicted octanol–water partition coefficient (Wildman–Crippen LogP) is 4.20. The van der Waals surface area contributed by atoms with Gasteiger partial charge in [-0.25, -0.2) is 0 Å². The Morgan fingerprint density at radius 3 is 2.52 bits per heavy atom. The van der Waals surface area contributed by atoms with Crippen LogP contribution in [-0.4, -0.2) is 35.6 Å². The number of ether oxygens (including phenoxy) is 1. The van der Waals surface area contributed by atoms with Crippen molar-refractivity contribution in [2.24, 2.45) is 10.4 Å². The third-order valence-corrected chi connectivity index (χ3v) is 4.18. The molecule has 5 heteroatoms. The van der Waals surface area contributed by atoms with E-state index in [-0.39, 0.29) is 28.3 Å². The van der Waals surface area contributed by atoms with Crippen LogP contribution in [0.2, 0.25) is 0 Å². The molecule has 0 radical (unpaired) electrons. The molecule has 1 aromatic rings. The number of carbonyl (C=O) groups is 2. The minimum absolute atomic E-state index is 0.0811. The maximum atomic E-state index is 12.2. The van der Waals surface area contributed by atoms with E-state index in [0.29, 0.717) is 30.7 Å². The zero-order valence-corrected chi connectivity index (χ0v) is 15.2. The van der Waals surface area contributed by atoms with Gasteiger partial charge in [-0.05, 0) is 43.5 Å². The van der Waals surface area contributed by atoms with Crippen LogP contribution in [0.3, 0.4) is 0 Å². The van der Waals surface area contributed by atoms with Crippen molar-refractivity contribution in [2.45, 2.75) is 46.6 Å². The normalized spacial score (nSPS) is 18.6. The van der Waals surface area contributed by atoms with Gasteiger partial charge in [0, 0.05) is 31.2 Å². The molecular weight excluding hydrogens is 318 g/mol. The van der Waals surface area contributed by atoms with Crippen LogP contribution in [-0.2, 0) is 9.53 Å². The number of rotatable bonds is 6. The molecule has 1 aliphatic carbocycles. The molecule has 134 valence electrons. The minimum Gasteiger partial charge on any atom is -0.511 e. The molecular formula is C20H25NO4. The van der Waals surface area contributed by atoms with Crippen molar-refractivity contribution in [1.29, 1.82) is 0 Å². The second-order valence-electron chi connectivity index (χ2n) is 7.07. The Labute approximate surface area is 148 Å². The topological polar surface area (TPSA) is 76.0 Å². The lowest BCUT2D eigenvalue weighted by Crippen LogP contribution is -2.26. The third kappa shape index (κ3) is 4.86. The average molecular weight is 343 g/mol. The van der Waals surface area contributed by atoms with Gasteiger partial charge < -0.3 is 9.84 Å². The van der Waals surface area contributed by atoms with Crippen LogP contribution in [0.1, 0.15) is 50.9 Å². The number of ketones is 2. The summed E-state index contributed by atoms with van der Waals surface area (Å²) in [6, 6.07) is 6.78. The Morgan fingerprint density at radius 2 is 1.96 bits per heavy atom. The fourth-order valence-electron chi connectivity index (χ4n) is 2.86. The number of aliphatic imine (C=N–C) groups is 1. The number of aliphatic hydroxyl groups is 1. The third-order valence-electron chi connectivity index (χ3n) is 4.18. The molecule has 0 spiro atoms. The molecule has 0 saturated heterocycles. The Balaban J connectivity index is 2.12. The molecule has 1 aromatic carbocycles. The molecule has 0 bridgehead atoms. The van der Waals surface area contributed by atoms with E-state index in [1.165, 1.54) is 6.21 Å². The van der Waals surface area contributed by atoms with E-state index < -0.39 is 6.10 Å². The van der Waals surface area contributed by atoms with E-state index in [1.54, 1.807) is 31.2 Å². The number of carbonyl (C=O) groups excluding carboxylic acids is 2. The quantitative estimate of drug-likeness (QED) is 0.620. The average Bonchev–Trinajstić information content (AvgIpc) is 2.53. The number of nitrogens with zero attached hydrogens (tertiary/aromatic N) is 1. The first-order chi connectivity index (χ1) is 11.7. The van der Waals surface area contributed by atoms with Crippen molar-refractivity contribution in [3.63, 3.8) is 0 Å². The van der Waals surface area contributed by atoms with Gasteiger partial charge in [0.1, 0.15) is 11.9 Å². The van der Waals surface area contributed by atoms with Gasteiger partial charge in [-0.3, -0.25) is 14.6 Å². The summed E-state index contributed by atoms with van der Waals surface area (Å²) in [7, 11) is 0. The van der Waals surface area contributed by atoms with Gasteiger partial charge in [0.05, 0.1) is 11.3 Å². The first kappa shape index (κ1) is 19.1. The number of hydrogen-bond donors (Lipinski definition) is 1. The summed E-state index contributed by atoms with van der Waals surface area (Å²) in [5.41, 5.74) is 1.21. The highest BCUT2D eigenvalue weighted by molar-refractivity contribution is 6.14. The fraction of sp³-hybridized carbons (Fsp3) is 0.450. The Bertz CT molecular complexity index is 714. The van der Waals surface area contributed by atoms with Gasteiger partial charge in [0.25, 0.3) is 0 Å². The summed E-state index contributed by atoms with van der Waals surface area (Å²) >= 11 is 0. The predicted molar refractivity (Wildman–Crippen MR) is 97.7 cm³/mol. The Kier molecular flexibility index (Phi) is 5.90. The molecule has 1 unspecified atom stereocenters. The Hall–Kier alpha value is -2.27. The summed E-state index contributed by atoms with van der Waals surface area (Å²) in [6.45, 7) is 7.96. The molecule has 1 aliphatic rings. The van der Waals surface area contributed by atoms with Crippen molar-refractivity contribution >= 4 is 23.5 Å². The van der Waals surface area contributed by atoms with Gasteiger partial charge in [0.2, 0.25) is 0 Å². The molecule has 0 aliphatic heterocycles. The van der Waals surface area contributed by atoms with Crippen LogP contribution >= 0.6 is 0 Å². The largest absolute Gasteiger partial charge is 0.511 e. The van der Waals surface area contributed by atoms with Crippen molar-refractivity contribution in [3.8, 4) is 0 Å². The highest BCUT2D eigenvalue weighted by atomic mass is 16.5. The SMILES string of the molecule is CCOC(C)C(=O)c1ccc(N=CC2=C(O)CC(C)(C)CC2=O)cc1.